The zero-order valence-corrected chi connectivity index (χ0v) is 12.1. The normalized spacial score (nSPS) is 22.3. The third-order valence-corrected chi connectivity index (χ3v) is 4.71. The number of thioether (sulfide) groups is 1. The molecule has 1 aliphatic carbocycles. The number of aromatic nitrogens is 3. The summed E-state index contributed by atoms with van der Waals surface area (Å²) in [6, 6.07) is 0.243. The van der Waals surface area contributed by atoms with Crippen LogP contribution in [0.2, 0.25) is 0 Å². The van der Waals surface area contributed by atoms with Gasteiger partial charge in [0.2, 0.25) is 5.95 Å². The van der Waals surface area contributed by atoms with Gasteiger partial charge in [0, 0.05) is 6.04 Å². The molecule has 0 aromatic carbocycles. The van der Waals surface area contributed by atoms with Crippen LogP contribution < -0.4 is 5.73 Å². The van der Waals surface area contributed by atoms with E-state index in [1.165, 1.54) is 18.2 Å². The van der Waals surface area contributed by atoms with Gasteiger partial charge < -0.3 is 10.8 Å². The zero-order chi connectivity index (χ0) is 14.0. The van der Waals surface area contributed by atoms with E-state index in [2.05, 4.69) is 24.0 Å². The van der Waals surface area contributed by atoms with Crippen LogP contribution in [0.5, 0.6) is 0 Å². The number of nitrogens with zero attached hydrogens (tertiary/aromatic N) is 3. The Hall–Kier alpha value is -1.24. The van der Waals surface area contributed by atoms with Crippen molar-refractivity contribution in [2.45, 2.75) is 50.7 Å². The number of anilines is 1. The monoisotopic (exact) mass is 284 g/mol. The molecular weight excluding hydrogens is 264 g/mol. The molecule has 1 atom stereocenters. The smallest absolute Gasteiger partial charge is 0.313 e. The van der Waals surface area contributed by atoms with Gasteiger partial charge >= 0.3 is 5.97 Å². The molecule has 0 spiro atoms. The highest BCUT2D eigenvalue weighted by atomic mass is 32.2. The lowest BCUT2D eigenvalue weighted by Crippen LogP contribution is -2.31. The Balaban J connectivity index is 2.27. The van der Waals surface area contributed by atoms with Gasteiger partial charge in [0.15, 0.2) is 5.16 Å². The van der Waals surface area contributed by atoms with Crippen LogP contribution in [0, 0.1) is 5.41 Å². The molecule has 1 fully saturated rings. The molecule has 1 aromatic rings. The Morgan fingerprint density at radius 1 is 1.53 bits per heavy atom. The third kappa shape index (κ3) is 3.02. The molecule has 1 aromatic heterocycles. The van der Waals surface area contributed by atoms with Crippen molar-refractivity contribution in [3.05, 3.63) is 0 Å². The molecule has 0 saturated heterocycles. The van der Waals surface area contributed by atoms with Crippen LogP contribution in [0.25, 0.3) is 0 Å². The van der Waals surface area contributed by atoms with Crippen LogP contribution in [0.4, 0.5) is 5.95 Å². The molecule has 1 saturated carbocycles. The van der Waals surface area contributed by atoms with Crippen LogP contribution >= 0.6 is 11.8 Å². The summed E-state index contributed by atoms with van der Waals surface area (Å²) >= 11 is 1.18. The van der Waals surface area contributed by atoms with E-state index < -0.39 is 5.97 Å². The van der Waals surface area contributed by atoms with Gasteiger partial charge in [-0.1, -0.05) is 38.5 Å². The molecule has 3 N–H and O–H groups in total. The molecule has 1 heterocycles. The highest BCUT2D eigenvalue weighted by Crippen LogP contribution is 2.45. The molecule has 0 amide bonds. The molecule has 2 rings (SSSR count). The topological polar surface area (TPSA) is 94.0 Å². The van der Waals surface area contributed by atoms with Gasteiger partial charge in [-0.05, 0) is 18.3 Å². The second-order valence-corrected chi connectivity index (χ2v) is 6.59. The Bertz CT molecular complexity index is 472. The lowest BCUT2D eigenvalue weighted by atomic mass is 9.73. The maximum absolute atomic E-state index is 10.7. The van der Waals surface area contributed by atoms with E-state index in [0.717, 1.165) is 19.3 Å². The Kier molecular flexibility index (Phi) is 4.03. The third-order valence-electron chi connectivity index (χ3n) is 3.78. The van der Waals surface area contributed by atoms with Crippen molar-refractivity contribution in [2.75, 3.05) is 11.5 Å². The molecule has 0 radical (unpaired) electrons. The minimum absolute atomic E-state index is 0.0225. The number of nitrogen functional groups attached to an aromatic ring is 1. The maximum atomic E-state index is 10.7. The van der Waals surface area contributed by atoms with E-state index in [9.17, 15) is 4.79 Å². The van der Waals surface area contributed by atoms with E-state index in [1.807, 2.05) is 4.57 Å². The summed E-state index contributed by atoms with van der Waals surface area (Å²) in [6.07, 6.45) is 4.56. The number of nitrogens with two attached hydrogens (primary N) is 1. The highest BCUT2D eigenvalue weighted by Gasteiger charge is 2.36. The van der Waals surface area contributed by atoms with Crippen molar-refractivity contribution in [3.63, 3.8) is 0 Å². The van der Waals surface area contributed by atoms with E-state index in [0.29, 0.717) is 11.1 Å². The first-order chi connectivity index (χ1) is 8.92. The molecule has 19 heavy (non-hydrogen) atoms. The summed E-state index contributed by atoms with van der Waals surface area (Å²) in [5.74, 6) is -0.500. The maximum Gasteiger partial charge on any atom is 0.313 e. The highest BCUT2D eigenvalue weighted by molar-refractivity contribution is 7.99. The lowest BCUT2D eigenvalue weighted by molar-refractivity contribution is -0.133. The summed E-state index contributed by atoms with van der Waals surface area (Å²) in [4.78, 5) is 10.7. The van der Waals surface area contributed by atoms with Crippen molar-refractivity contribution in [2.24, 2.45) is 5.41 Å². The average molecular weight is 284 g/mol. The first-order valence-corrected chi connectivity index (χ1v) is 7.45. The molecule has 6 nitrogen and oxygen atoms in total. The minimum Gasteiger partial charge on any atom is -0.481 e. The van der Waals surface area contributed by atoms with Crippen LogP contribution in [0.15, 0.2) is 5.16 Å². The molecule has 1 aliphatic rings. The first kappa shape index (κ1) is 14.2. The van der Waals surface area contributed by atoms with Gasteiger partial charge in [0.25, 0.3) is 0 Å². The molecular formula is C12H20N4O2S. The van der Waals surface area contributed by atoms with Gasteiger partial charge in [-0.15, -0.1) is 10.2 Å². The van der Waals surface area contributed by atoms with Crippen LogP contribution in [-0.4, -0.2) is 31.6 Å². The predicted octanol–water partition coefficient (Wildman–Crippen LogP) is 2.18. The number of hydrogen-bond donors (Lipinski definition) is 2. The van der Waals surface area contributed by atoms with Crippen molar-refractivity contribution in [3.8, 4) is 0 Å². The second-order valence-electron chi connectivity index (χ2n) is 5.64. The summed E-state index contributed by atoms with van der Waals surface area (Å²) in [7, 11) is 0. The van der Waals surface area contributed by atoms with Gasteiger partial charge in [0.05, 0.1) is 5.75 Å². The number of rotatable bonds is 4. The largest absolute Gasteiger partial charge is 0.481 e. The number of carboxylic acid groups (broad SMARTS) is 1. The fourth-order valence-electron chi connectivity index (χ4n) is 2.76. The standard InChI is InChI=1S/C12H20N4O2S/c1-12(2)6-4-3-5-8(12)16-10(13)14-15-11(16)19-7-9(17)18/h8H,3-7H2,1-2H3,(H2,13,14)(H,17,18). The molecule has 1 unspecified atom stereocenters. The fourth-order valence-corrected chi connectivity index (χ4v) is 3.47. The average Bonchev–Trinajstić information content (AvgIpc) is 2.67. The Morgan fingerprint density at radius 3 is 2.89 bits per heavy atom. The first-order valence-electron chi connectivity index (χ1n) is 6.47. The van der Waals surface area contributed by atoms with Gasteiger partial charge in [-0.3, -0.25) is 9.36 Å². The lowest BCUT2D eigenvalue weighted by Gasteiger charge is -2.39. The second kappa shape index (κ2) is 5.40. The summed E-state index contributed by atoms with van der Waals surface area (Å²) in [6.45, 7) is 4.45. The fraction of sp³-hybridized carbons (Fsp3) is 0.750. The zero-order valence-electron chi connectivity index (χ0n) is 11.3. The van der Waals surface area contributed by atoms with Gasteiger partial charge in [-0.25, -0.2) is 0 Å². The van der Waals surface area contributed by atoms with Gasteiger partial charge in [0.1, 0.15) is 0 Å². The molecule has 7 heteroatoms. The number of aliphatic carboxylic acids is 1. The van der Waals surface area contributed by atoms with Crippen molar-refractivity contribution in [1.29, 1.82) is 0 Å². The number of hydrogen-bond acceptors (Lipinski definition) is 5. The summed E-state index contributed by atoms with van der Waals surface area (Å²) in [5.41, 5.74) is 6.06. The molecule has 106 valence electrons. The van der Waals surface area contributed by atoms with Crippen LogP contribution in [0.1, 0.15) is 45.6 Å². The van der Waals surface area contributed by atoms with Crippen molar-refractivity contribution in [1.82, 2.24) is 14.8 Å². The van der Waals surface area contributed by atoms with E-state index in [4.69, 9.17) is 10.8 Å². The Morgan fingerprint density at radius 2 is 2.26 bits per heavy atom. The van der Waals surface area contributed by atoms with E-state index >= 15 is 0 Å². The van der Waals surface area contributed by atoms with E-state index in [-0.39, 0.29) is 17.2 Å². The van der Waals surface area contributed by atoms with Crippen LogP contribution in [0.3, 0.4) is 0 Å². The predicted molar refractivity (Wildman–Crippen MR) is 74.1 cm³/mol. The molecule has 0 bridgehead atoms. The number of carboxylic acids is 1. The number of carbonyl (C=O) groups is 1. The van der Waals surface area contributed by atoms with Crippen molar-refractivity contribution >= 4 is 23.7 Å². The minimum atomic E-state index is -0.860. The quantitative estimate of drug-likeness (QED) is 0.823. The summed E-state index contributed by atoms with van der Waals surface area (Å²) < 4.78 is 1.92. The summed E-state index contributed by atoms with van der Waals surface area (Å²) in [5, 5.41) is 17.3. The Labute approximate surface area is 116 Å². The SMILES string of the molecule is CC1(C)CCCCC1n1c(N)nnc1SCC(=O)O. The van der Waals surface area contributed by atoms with E-state index in [1.54, 1.807) is 0 Å². The van der Waals surface area contributed by atoms with Gasteiger partial charge in [-0.2, -0.15) is 0 Å². The van der Waals surface area contributed by atoms with Crippen molar-refractivity contribution < 1.29 is 9.90 Å². The molecule has 0 aliphatic heterocycles. The van der Waals surface area contributed by atoms with Crippen LogP contribution in [-0.2, 0) is 4.79 Å².